The minimum absolute atomic E-state index is 1.02. The number of likely N-dealkylation sites (N-methyl/N-ethyl adjacent to an activating group) is 1. The first-order chi connectivity index (χ1) is 6.72. The maximum atomic E-state index is 3.17. The number of hydrogen-bond donors (Lipinski definition) is 1. The molecule has 1 N–H and O–H groups in total. The van der Waals surface area contributed by atoms with Crippen LogP contribution >= 0.6 is 0 Å². The maximum Gasteiger partial charge on any atom is 0.0227 e. The Bertz CT molecular complexity index is 269. The van der Waals surface area contributed by atoms with Crippen LogP contribution < -0.4 is 5.32 Å². The molecular formula is C12H20N2. The Morgan fingerprint density at radius 2 is 1.93 bits per heavy atom. The van der Waals surface area contributed by atoms with Gasteiger partial charge in [-0.2, -0.15) is 0 Å². The average molecular weight is 192 g/mol. The van der Waals surface area contributed by atoms with Crippen molar-refractivity contribution in [2.45, 2.75) is 13.0 Å². The highest BCUT2D eigenvalue weighted by Gasteiger charge is 1.97. The molecule has 0 saturated carbocycles. The van der Waals surface area contributed by atoms with E-state index < -0.39 is 0 Å². The van der Waals surface area contributed by atoms with Gasteiger partial charge in [-0.3, -0.25) is 0 Å². The smallest absolute Gasteiger partial charge is 0.0227 e. The van der Waals surface area contributed by atoms with E-state index in [1.54, 1.807) is 0 Å². The quantitative estimate of drug-likeness (QED) is 0.761. The van der Waals surface area contributed by atoms with Crippen molar-refractivity contribution in [2.24, 2.45) is 0 Å². The lowest BCUT2D eigenvalue weighted by molar-refractivity contribution is 0.402. The zero-order valence-electron chi connectivity index (χ0n) is 9.38. The van der Waals surface area contributed by atoms with Gasteiger partial charge in [0.25, 0.3) is 0 Å². The van der Waals surface area contributed by atoms with Gasteiger partial charge in [0, 0.05) is 6.54 Å². The van der Waals surface area contributed by atoms with Gasteiger partial charge in [0.2, 0.25) is 0 Å². The first-order valence-electron chi connectivity index (χ1n) is 5.09. The van der Waals surface area contributed by atoms with E-state index in [0.717, 1.165) is 19.5 Å². The van der Waals surface area contributed by atoms with Gasteiger partial charge in [-0.15, -0.1) is 0 Å². The number of nitrogens with one attached hydrogen (secondary N) is 1. The van der Waals surface area contributed by atoms with Crippen LogP contribution in [0.15, 0.2) is 24.3 Å². The molecule has 0 saturated heterocycles. The van der Waals surface area contributed by atoms with E-state index in [9.17, 15) is 0 Å². The van der Waals surface area contributed by atoms with Crippen LogP contribution in [0.3, 0.4) is 0 Å². The zero-order chi connectivity index (χ0) is 10.4. The highest BCUT2D eigenvalue weighted by molar-refractivity contribution is 5.23. The topological polar surface area (TPSA) is 15.3 Å². The Morgan fingerprint density at radius 3 is 2.57 bits per heavy atom. The van der Waals surface area contributed by atoms with Gasteiger partial charge in [-0.1, -0.05) is 24.3 Å². The third kappa shape index (κ3) is 3.90. The third-order valence-electron chi connectivity index (χ3n) is 2.15. The van der Waals surface area contributed by atoms with E-state index in [1.165, 1.54) is 11.1 Å². The zero-order valence-corrected chi connectivity index (χ0v) is 9.38. The first-order valence-corrected chi connectivity index (χ1v) is 5.09. The summed E-state index contributed by atoms with van der Waals surface area (Å²) >= 11 is 0. The Hall–Kier alpha value is -0.860. The lowest BCUT2D eigenvalue weighted by atomic mass is 10.1. The summed E-state index contributed by atoms with van der Waals surface area (Å²) in [6.07, 6.45) is 1.11. The van der Waals surface area contributed by atoms with E-state index in [1.807, 2.05) is 7.05 Å². The highest BCUT2D eigenvalue weighted by atomic mass is 15.0. The van der Waals surface area contributed by atoms with E-state index in [0.29, 0.717) is 0 Å². The van der Waals surface area contributed by atoms with Crippen LogP contribution in [0.2, 0.25) is 0 Å². The molecule has 0 radical (unpaired) electrons. The van der Waals surface area contributed by atoms with Gasteiger partial charge in [0.1, 0.15) is 0 Å². The second-order valence-corrected chi connectivity index (χ2v) is 3.91. The Labute approximate surface area is 86.9 Å². The molecule has 1 rings (SSSR count). The Morgan fingerprint density at radius 1 is 1.21 bits per heavy atom. The van der Waals surface area contributed by atoms with Crippen molar-refractivity contribution >= 4 is 0 Å². The largest absolute Gasteiger partial charge is 0.319 e. The molecule has 0 bridgehead atoms. The molecule has 0 heterocycles. The monoisotopic (exact) mass is 192 g/mol. The lowest BCUT2D eigenvalue weighted by Crippen LogP contribution is -2.12. The van der Waals surface area contributed by atoms with Crippen molar-refractivity contribution in [3.63, 3.8) is 0 Å². The lowest BCUT2D eigenvalue weighted by Gasteiger charge is -2.10. The number of benzene rings is 1. The van der Waals surface area contributed by atoms with Crippen LogP contribution in [0.5, 0.6) is 0 Å². The standard InChI is InChI=1S/C12H20N2/c1-13-8-7-11-5-4-6-12(9-11)10-14(2)3/h4-6,9,13H,7-8,10H2,1-3H3. The van der Waals surface area contributed by atoms with E-state index in [4.69, 9.17) is 0 Å². The molecule has 0 spiro atoms. The molecule has 0 aromatic heterocycles. The van der Waals surface area contributed by atoms with Crippen LogP contribution in [0.25, 0.3) is 0 Å². The van der Waals surface area contributed by atoms with E-state index >= 15 is 0 Å². The van der Waals surface area contributed by atoms with Crippen molar-refractivity contribution in [3.8, 4) is 0 Å². The van der Waals surface area contributed by atoms with Gasteiger partial charge in [-0.25, -0.2) is 0 Å². The van der Waals surface area contributed by atoms with Gasteiger partial charge in [0.15, 0.2) is 0 Å². The number of nitrogens with zero attached hydrogens (tertiary/aromatic N) is 1. The summed E-state index contributed by atoms with van der Waals surface area (Å²) in [7, 11) is 6.18. The third-order valence-corrected chi connectivity index (χ3v) is 2.15. The molecule has 0 amide bonds. The molecule has 1 aromatic carbocycles. The molecular weight excluding hydrogens is 172 g/mol. The van der Waals surface area contributed by atoms with Crippen molar-refractivity contribution in [1.29, 1.82) is 0 Å². The predicted molar refractivity (Wildman–Crippen MR) is 61.5 cm³/mol. The molecule has 2 nitrogen and oxygen atoms in total. The fourth-order valence-corrected chi connectivity index (χ4v) is 1.52. The summed E-state index contributed by atoms with van der Waals surface area (Å²) in [5.41, 5.74) is 2.81. The molecule has 1 aromatic rings. The minimum atomic E-state index is 1.02. The average Bonchev–Trinajstić information content (AvgIpc) is 2.14. The van der Waals surface area contributed by atoms with E-state index in [-0.39, 0.29) is 0 Å². The fourth-order valence-electron chi connectivity index (χ4n) is 1.52. The normalized spacial score (nSPS) is 10.9. The fraction of sp³-hybridized carbons (Fsp3) is 0.500. The Kier molecular flexibility index (Phi) is 4.63. The van der Waals surface area contributed by atoms with Crippen molar-refractivity contribution in [3.05, 3.63) is 35.4 Å². The van der Waals surface area contributed by atoms with E-state index in [2.05, 4.69) is 48.6 Å². The maximum absolute atomic E-state index is 3.17. The summed E-state index contributed by atoms with van der Waals surface area (Å²) in [4.78, 5) is 2.19. The van der Waals surface area contributed by atoms with Gasteiger partial charge < -0.3 is 10.2 Å². The molecule has 14 heavy (non-hydrogen) atoms. The second-order valence-electron chi connectivity index (χ2n) is 3.91. The van der Waals surface area contributed by atoms with Crippen LogP contribution in [0, 0.1) is 0 Å². The number of rotatable bonds is 5. The van der Waals surface area contributed by atoms with Gasteiger partial charge in [-0.05, 0) is 45.2 Å². The summed E-state index contributed by atoms with van der Waals surface area (Å²) in [6.45, 7) is 2.07. The molecule has 0 aliphatic carbocycles. The molecule has 0 unspecified atom stereocenters. The minimum Gasteiger partial charge on any atom is -0.319 e. The summed E-state index contributed by atoms with van der Waals surface area (Å²) in [6, 6.07) is 8.81. The van der Waals surface area contributed by atoms with Crippen LogP contribution in [-0.4, -0.2) is 32.6 Å². The Balaban J connectivity index is 2.59. The summed E-state index contributed by atoms with van der Waals surface area (Å²) < 4.78 is 0. The molecule has 0 fully saturated rings. The van der Waals surface area contributed by atoms with Crippen molar-refractivity contribution < 1.29 is 0 Å². The van der Waals surface area contributed by atoms with Crippen LogP contribution in [0.1, 0.15) is 11.1 Å². The van der Waals surface area contributed by atoms with Crippen LogP contribution in [0.4, 0.5) is 0 Å². The predicted octanol–water partition coefficient (Wildman–Crippen LogP) is 1.51. The molecule has 78 valence electrons. The SMILES string of the molecule is CNCCc1cccc(CN(C)C)c1. The molecule has 0 aliphatic heterocycles. The van der Waals surface area contributed by atoms with Gasteiger partial charge in [0.05, 0.1) is 0 Å². The van der Waals surface area contributed by atoms with Crippen molar-refractivity contribution in [1.82, 2.24) is 10.2 Å². The van der Waals surface area contributed by atoms with Gasteiger partial charge >= 0.3 is 0 Å². The first kappa shape index (κ1) is 11.2. The summed E-state index contributed by atoms with van der Waals surface area (Å²) in [5.74, 6) is 0. The van der Waals surface area contributed by atoms with Crippen LogP contribution in [-0.2, 0) is 13.0 Å². The molecule has 0 atom stereocenters. The molecule has 2 heteroatoms. The highest BCUT2D eigenvalue weighted by Crippen LogP contribution is 2.07. The molecule has 0 aliphatic rings. The summed E-state index contributed by atoms with van der Waals surface area (Å²) in [5, 5.41) is 3.17. The second kappa shape index (κ2) is 5.78. The number of hydrogen-bond acceptors (Lipinski definition) is 2. The van der Waals surface area contributed by atoms with Crippen molar-refractivity contribution in [2.75, 3.05) is 27.7 Å².